The van der Waals surface area contributed by atoms with E-state index in [1.165, 1.54) is 4.90 Å². The summed E-state index contributed by atoms with van der Waals surface area (Å²) in [5.41, 5.74) is 2.20. The fraction of sp³-hybridized carbons (Fsp3) is 0.276. The van der Waals surface area contributed by atoms with Gasteiger partial charge in [0.05, 0.1) is 17.9 Å². The fourth-order valence-electron chi connectivity index (χ4n) is 4.95. The van der Waals surface area contributed by atoms with Gasteiger partial charge in [-0.3, -0.25) is 9.59 Å². The maximum atomic E-state index is 13.4. The number of nitrogens with zero attached hydrogens (tertiary/aromatic N) is 3. The molecule has 2 aromatic carbocycles. The standard InChI is InChI=1S/C29H29N3O5/c1-3-14-36-23-7-4-6-20(17-23)26-25(27(33)21-8-9-24-22(16-21)15-19(2)37-24)28(34)29(35)32(26)12-5-11-31-13-10-30-18-31/h3-4,6-10,13,16-19,26,33H,1,5,11-12,14-15H2,2H3/b27-25-. The van der Waals surface area contributed by atoms with E-state index in [2.05, 4.69) is 11.6 Å². The Morgan fingerprint density at radius 3 is 2.89 bits per heavy atom. The van der Waals surface area contributed by atoms with Crippen molar-refractivity contribution >= 4 is 17.4 Å². The average Bonchev–Trinajstić information content (AvgIpc) is 3.61. The summed E-state index contributed by atoms with van der Waals surface area (Å²) in [5.74, 6) is -0.168. The predicted molar refractivity (Wildman–Crippen MR) is 138 cm³/mol. The molecule has 190 valence electrons. The summed E-state index contributed by atoms with van der Waals surface area (Å²) < 4.78 is 13.4. The number of hydrogen-bond acceptors (Lipinski definition) is 6. The third-order valence-electron chi connectivity index (χ3n) is 6.63. The van der Waals surface area contributed by atoms with Gasteiger partial charge in [0.2, 0.25) is 0 Å². The van der Waals surface area contributed by atoms with Gasteiger partial charge < -0.3 is 24.0 Å². The number of rotatable bonds is 9. The van der Waals surface area contributed by atoms with Crippen LogP contribution in [-0.4, -0.2) is 50.5 Å². The number of Topliss-reactive ketones (excluding diaryl/α,β-unsaturated/α-hetero) is 1. The molecule has 1 aromatic heterocycles. The number of imidazole rings is 1. The molecule has 2 aliphatic rings. The second-order valence-corrected chi connectivity index (χ2v) is 9.27. The van der Waals surface area contributed by atoms with Crippen LogP contribution in [0.1, 0.15) is 36.1 Å². The van der Waals surface area contributed by atoms with Crippen molar-refractivity contribution in [2.75, 3.05) is 13.2 Å². The molecule has 5 rings (SSSR count). The molecule has 1 saturated heterocycles. The molecule has 37 heavy (non-hydrogen) atoms. The lowest BCUT2D eigenvalue weighted by Gasteiger charge is -2.26. The first-order valence-corrected chi connectivity index (χ1v) is 12.3. The van der Waals surface area contributed by atoms with Crippen LogP contribution in [-0.2, 0) is 22.6 Å². The van der Waals surface area contributed by atoms with Gasteiger partial charge in [-0.2, -0.15) is 0 Å². The minimum absolute atomic E-state index is 0.0479. The molecular formula is C29H29N3O5. The maximum Gasteiger partial charge on any atom is 0.295 e. The highest BCUT2D eigenvalue weighted by molar-refractivity contribution is 6.46. The van der Waals surface area contributed by atoms with Crippen LogP contribution in [0.4, 0.5) is 0 Å². The Bertz CT molecular complexity index is 1360. The lowest BCUT2D eigenvalue weighted by molar-refractivity contribution is -0.139. The van der Waals surface area contributed by atoms with E-state index in [-0.39, 0.29) is 17.4 Å². The van der Waals surface area contributed by atoms with Gasteiger partial charge in [-0.05, 0) is 54.8 Å². The van der Waals surface area contributed by atoms with E-state index in [1.54, 1.807) is 42.9 Å². The van der Waals surface area contributed by atoms with E-state index in [4.69, 9.17) is 9.47 Å². The highest BCUT2D eigenvalue weighted by atomic mass is 16.5. The monoisotopic (exact) mass is 499 g/mol. The highest BCUT2D eigenvalue weighted by Gasteiger charge is 2.46. The number of carbonyl (C=O) groups excluding carboxylic acids is 2. The van der Waals surface area contributed by atoms with Crippen molar-refractivity contribution in [2.24, 2.45) is 0 Å². The lowest BCUT2D eigenvalue weighted by atomic mass is 9.94. The first-order chi connectivity index (χ1) is 18.0. The molecule has 3 heterocycles. The van der Waals surface area contributed by atoms with E-state index in [1.807, 2.05) is 35.9 Å². The predicted octanol–water partition coefficient (Wildman–Crippen LogP) is 4.28. The zero-order valence-corrected chi connectivity index (χ0v) is 20.7. The largest absolute Gasteiger partial charge is 0.507 e. The fourth-order valence-corrected chi connectivity index (χ4v) is 4.95. The SMILES string of the molecule is C=CCOc1cccc(C2/C(=C(/O)c3ccc4c(c3)CC(C)O4)C(=O)C(=O)N2CCCn2ccnc2)c1. The number of carbonyl (C=O) groups is 2. The second kappa shape index (κ2) is 10.3. The van der Waals surface area contributed by atoms with Gasteiger partial charge in [-0.15, -0.1) is 0 Å². The molecule has 1 fully saturated rings. The van der Waals surface area contributed by atoms with Crippen molar-refractivity contribution in [1.29, 1.82) is 0 Å². The topological polar surface area (TPSA) is 93.9 Å². The molecule has 0 radical (unpaired) electrons. The van der Waals surface area contributed by atoms with Crippen molar-refractivity contribution in [1.82, 2.24) is 14.5 Å². The molecule has 2 unspecified atom stereocenters. The van der Waals surface area contributed by atoms with E-state index in [9.17, 15) is 14.7 Å². The van der Waals surface area contributed by atoms with Crippen LogP contribution in [0.15, 0.2) is 79.4 Å². The van der Waals surface area contributed by atoms with Gasteiger partial charge in [-0.25, -0.2) is 4.98 Å². The smallest absolute Gasteiger partial charge is 0.295 e. The van der Waals surface area contributed by atoms with Crippen molar-refractivity contribution in [3.8, 4) is 11.5 Å². The number of aliphatic hydroxyl groups is 1. The van der Waals surface area contributed by atoms with Gasteiger partial charge in [0.15, 0.2) is 0 Å². The molecule has 8 nitrogen and oxygen atoms in total. The minimum Gasteiger partial charge on any atom is -0.507 e. The summed E-state index contributed by atoms with van der Waals surface area (Å²) >= 11 is 0. The number of ketones is 1. The average molecular weight is 500 g/mol. The summed E-state index contributed by atoms with van der Waals surface area (Å²) in [6, 6.07) is 11.9. The van der Waals surface area contributed by atoms with Crippen molar-refractivity contribution in [3.63, 3.8) is 0 Å². The molecule has 0 spiro atoms. The Morgan fingerprint density at radius 2 is 2.11 bits per heavy atom. The number of fused-ring (bicyclic) bond motifs is 1. The quantitative estimate of drug-likeness (QED) is 0.204. The Balaban J connectivity index is 1.54. The normalized spacial score (nSPS) is 20.1. The molecule has 1 amide bonds. The number of amides is 1. The van der Waals surface area contributed by atoms with E-state index >= 15 is 0 Å². The molecule has 0 saturated carbocycles. The maximum absolute atomic E-state index is 13.4. The summed E-state index contributed by atoms with van der Waals surface area (Å²) in [6.07, 6.45) is 8.28. The Labute approximate surface area is 215 Å². The number of ether oxygens (including phenoxy) is 2. The number of benzene rings is 2. The number of likely N-dealkylation sites (tertiary alicyclic amines) is 1. The van der Waals surface area contributed by atoms with Crippen LogP contribution in [0.2, 0.25) is 0 Å². The van der Waals surface area contributed by atoms with Crippen LogP contribution < -0.4 is 9.47 Å². The van der Waals surface area contributed by atoms with Crippen molar-refractivity contribution in [2.45, 2.75) is 38.5 Å². The molecular weight excluding hydrogens is 470 g/mol. The van der Waals surface area contributed by atoms with Crippen LogP contribution >= 0.6 is 0 Å². The summed E-state index contributed by atoms with van der Waals surface area (Å²) in [6.45, 7) is 6.96. The van der Waals surface area contributed by atoms with Crippen LogP contribution in [0, 0.1) is 0 Å². The van der Waals surface area contributed by atoms with Crippen molar-refractivity contribution < 1.29 is 24.2 Å². The first-order valence-electron chi connectivity index (χ1n) is 12.3. The summed E-state index contributed by atoms with van der Waals surface area (Å²) in [5, 5.41) is 11.4. The van der Waals surface area contributed by atoms with Crippen LogP contribution in [0.5, 0.6) is 11.5 Å². The molecule has 2 aliphatic heterocycles. The zero-order valence-electron chi connectivity index (χ0n) is 20.7. The Kier molecular flexibility index (Phi) is 6.81. The molecule has 1 N–H and O–H groups in total. The third kappa shape index (κ3) is 4.87. The minimum atomic E-state index is -0.751. The van der Waals surface area contributed by atoms with Crippen LogP contribution in [0.25, 0.3) is 5.76 Å². The van der Waals surface area contributed by atoms with Gasteiger partial charge in [0, 0.05) is 37.5 Å². The molecule has 0 aliphatic carbocycles. The Morgan fingerprint density at radius 1 is 1.24 bits per heavy atom. The van der Waals surface area contributed by atoms with Gasteiger partial charge in [-0.1, -0.05) is 24.8 Å². The van der Waals surface area contributed by atoms with Gasteiger partial charge >= 0.3 is 0 Å². The molecule has 2 atom stereocenters. The summed E-state index contributed by atoms with van der Waals surface area (Å²) in [4.78, 5) is 32.2. The number of aromatic nitrogens is 2. The van der Waals surface area contributed by atoms with Crippen molar-refractivity contribution in [3.05, 3.63) is 96.1 Å². The second-order valence-electron chi connectivity index (χ2n) is 9.27. The Hall–Kier alpha value is -4.33. The highest BCUT2D eigenvalue weighted by Crippen LogP contribution is 2.41. The molecule has 3 aromatic rings. The zero-order chi connectivity index (χ0) is 25.9. The number of hydrogen-bond donors (Lipinski definition) is 1. The lowest BCUT2D eigenvalue weighted by Crippen LogP contribution is -2.31. The molecule has 8 heteroatoms. The van der Waals surface area contributed by atoms with Gasteiger partial charge in [0.25, 0.3) is 11.7 Å². The number of aliphatic hydroxyl groups excluding tert-OH is 1. The molecule has 0 bridgehead atoms. The van der Waals surface area contributed by atoms with E-state index < -0.39 is 17.7 Å². The number of aryl methyl sites for hydroxylation is 1. The van der Waals surface area contributed by atoms with E-state index in [0.29, 0.717) is 49.4 Å². The first kappa shape index (κ1) is 24.4. The summed E-state index contributed by atoms with van der Waals surface area (Å²) in [7, 11) is 0. The van der Waals surface area contributed by atoms with Gasteiger partial charge in [0.1, 0.15) is 30.0 Å². The third-order valence-corrected chi connectivity index (χ3v) is 6.63. The van der Waals surface area contributed by atoms with E-state index in [0.717, 1.165) is 11.3 Å². The van der Waals surface area contributed by atoms with Crippen LogP contribution in [0.3, 0.4) is 0 Å².